The van der Waals surface area contributed by atoms with Gasteiger partial charge in [-0.3, -0.25) is 0 Å². The topological polar surface area (TPSA) is 55.1 Å². The fourth-order valence-electron chi connectivity index (χ4n) is 3.22. The Kier molecular flexibility index (Phi) is 3.98. The predicted octanol–water partition coefficient (Wildman–Crippen LogP) is 4.50. The van der Waals surface area contributed by atoms with Gasteiger partial charge in [0.25, 0.3) is 0 Å². The van der Waals surface area contributed by atoms with Crippen LogP contribution < -0.4 is 4.90 Å². The molecule has 0 unspecified atom stereocenters. The molecule has 0 atom stereocenters. The zero-order valence-corrected chi connectivity index (χ0v) is 15.4. The Morgan fingerprint density at radius 3 is 2.64 bits per heavy atom. The normalized spacial score (nSPS) is 16.7. The maximum atomic E-state index is 13.3. The number of hydrogen-bond donors (Lipinski definition) is 0. The molecule has 132 valence electrons. The third kappa shape index (κ3) is 3.13. The zero-order valence-electron chi connectivity index (χ0n) is 14.6. The molecule has 0 spiro atoms. The fraction of sp³-hybridized carbons (Fsp3) is 0.500. The van der Waals surface area contributed by atoms with Gasteiger partial charge in [0.2, 0.25) is 5.13 Å². The Morgan fingerprint density at radius 2 is 1.96 bits per heavy atom. The van der Waals surface area contributed by atoms with Gasteiger partial charge < -0.3 is 9.42 Å². The summed E-state index contributed by atoms with van der Waals surface area (Å²) in [6.07, 6.45) is 1.95. The first-order valence-electron chi connectivity index (χ1n) is 8.55. The summed E-state index contributed by atoms with van der Waals surface area (Å²) < 4.78 is 18.6. The minimum Gasteiger partial charge on any atom is -0.356 e. The molecular formula is C18H21FN4OS. The molecule has 25 heavy (non-hydrogen) atoms. The second-order valence-corrected chi connectivity index (χ2v) is 8.57. The first-order valence-corrected chi connectivity index (χ1v) is 9.37. The van der Waals surface area contributed by atoms with Crippen LogP contribution in [0.3, 0.4) is 0 Å². The summed E-state index contributed by atoms with van der Waals surface area (Å²) >= 11 is 1.68. The van der Waals surface area contributed by atoms with Crippen LogP contribution in [0.2, 0.25) is 0 Å². The van der Waals surface area contributed by atoms with Gasteiger partial charge in [-0.25, -0.2) is 4.39 Å². The zero-order chi connectivity index (χ0) is 17.6. The van der Waals surface area contributed by atoms with Gasteiger partial charge in [-0.15, -0.1) is 10.2 Å². The van der Waals surface area contributed by atoms with E-state index in [0.717, 1.165) is 47.2 Å². The Bertz CT molecular complexity index is 890. The van der Waals surface area contributed by atoms with Gasteiger partial charge in [-0.05, 0) is 25.0 Å². The van der Waals surface area contributed by atoms with Gasteiger partial charge in [0.15, 0.2) is 5.58 Å². The third-order valence-corrected chi connectivity index (χ3v) is 6.08. The molecule has 1 aliphatic heterocycles. The van der Waals surface area contributed by atoms with Crippen molar-refractivity contribution in [2.75, 3.05) is 18.0 Å². The molecule has 0 saturated carbocycles. The molecule has 3 aromatic rings. The van der Waals surface area contributed by atoms with E-state index in [1.165, 1.54) is 12.1 Å². The maximum absolute atomic E-state index is 13.3. The Balaban J connectivity index is 1.48. The summed E-state index contributed by atoms with van der Waals surface area (Å²) in [5.41, 5.74) is 1.50. The molecule has 1 saturated heterocycles. The van der Waals surface area contributed by atoms with E-state index < -0.39 is 0 Å². The van der Waals surface area contributed by atoms with Crippen molar-refractivity contribution in [3.8, 4) is 0 Å². The number of aromatic nitrogens is 3. The lowest BCUT2D eigenvalue weighted by Crippen LogP contribution is -2.32. The maximum Gasteiger partial charge on any atom is 0.208 e. The van der Waals surface area contributed by atoms with Crippen molar-refractivity contribution in [1.82, 2.24) is 15.4 Å². The van der Waals surface area contributed by atoms with Gasteiger partial charge in [0.05, 0.1) is 5.69 Å². The Labute approximate surface area is 149 Å². The molecule has 0 bridgehead atoms. The van der Waals surface area contributed by atoms with Crippen molar-refractivity contribution in [3.63, 3.8) is 0 Å². The van der Waals surface area contributed by atoms with Crippen LogP contribution in [0.4, 0.5) is 9.52 Å². The number of benzene rings is 1. The molecular weight excluding hydrogens is 339 g/mol. The number of nitrogens with zero attached hydrogens (tertiary/aromatic N) is 4. The first kappa shape index (κ1) is 16.4. The van der Waals surface area contributed by atoms with E-state index in [9.17, 15) is 4.39 Å². The largest absolute Gasteiger partial charge is 0.356 e. The molecule has 2 aromatic heterocycles. The number of anilines is 1. The van der Waals surface area contributed by atoms with Crippen LogP contribution in [-0.4, -0.2) is 28.4 Å². The van der Waals surface area contributed by atoms with Crippen LogP contribution in [0.1, 0.15) is 50.2 Å². The lowest BCUT2D eigenvalue weighted by Gasteiger charge is -2.30. The second kappa shape index (κ2) is 6.05. The highest BCUT2D eigenvalue weighted by atomic mass is 32.1. The molecule has 3 heterocycles. The van der Waals surface area contributed by atoms with Gasteiger partial charge in [-0.2, -0.15) is 0 Å². The Hall–Kier alpha value is -2.02. The number of rotatable bonds is 2. The molecule has 7 heteroatoms. The van der Waals surface area contributed by atoms with Crippen LogP contribution in [0.25, 0.3) is 11.0 Å². The summed E-state index contributed by atoms with van der Waals surface area (Å²) in [7, 11) is 0. The summed E-state index contributed by atoms with van der Waals surface area (Å²) in [5.74, 6) is 0.0360. The van der Waals surface area contributed by atoms with E-state index in [-0.39, 0.29) is 11.2 Å². The van der Waals surface area contributed by atoms with E-state index in [2.05, 4.69) is 41.0 Å². The Morgan fingerprint density at radius 1 is 1.20 bits per heavy atom. The second-order valence-electron chi connectivity index (χ2n) is 7.61. The van der Waals surface area contributed by atoms with Crippen LogP contribution >= 0.6 is 11.3 Å². The van der Waals surface area contributed by atoms with Gasteiger partial charge >= 0.3 is 0 Å². The molecule has 1 aromatic carbocycles. The minimum atomic E-state index is -0.295. The summed E-state index contributed by atoms with van der Waals surface area (Å²) in [6.45, 7) is 8.30. The lowest BCUT2D eigenvalue weighted by atomic mass is 9.92. The molecule has 4 rings (SSSR count). The predicted molar refractivity (Wildman–Crippen MR) is 96.8 cm³/mol. The van der Waals surface area contributed by atoms with E-state index in [4.69, 9.17) is 4.52 Å². The average molecular weight is 360 g/mol. The van der Waals surface area contributed by atoms with Crippen LogP contribution in [0.5, 0.6) is 0 Å². The van der Waals surface area contributed by atoms with Crippen molar-refractivity contribution in [2.24, 2.45) is 0 Å². The SMILES string of the molecule is CC(C)(C)c1nnc(N2CCC(c3noc4cc(F)ccc34)CC2)s1. The minimum absolute atomic E-state index is 0.0309. The third-order valence-electron chi connectivity index (χ3n) is 4.67. The first-order chi connectivity index (χ1) is 11.9. The van der Waals surface area contributed by atoms with Crippen LogP contribution in [0.15, 0.2) is 22.7 Å². The highest BCUT2D eigenvalue weighted by molar-refractivity contribution is 7.15. The standard InChI is InChI=1S/C18H21FN4OS/c1-18(2,3)16-20-21-17(25-16)23-8-6-11(7-9-23)15-13-5-4-12(19)10-14(13)24-22-15/h4-5,10-11H,6-9H2,1-3H3. The molecule has 1 fully saturated rings. The fourth-order valence-corrected chi connectivity index (χ4v) is 4.17. The van der Waals surface area contributed by atoms with Gasteiger partial charge in [0.1, 0.15) is 10.8 Å². The quantitative estimate of drug-likeness (QED) is 0.673. The molecule has 0 radical (unpaired) electrons. The average Bonchev–Trinajstić information content (AvgIpc) is 3.21. The van der Waals surface area contributed by atoms with E-state index in [0.29, 0.717) is 11.5 Å². The smallest absolute Gasteiger partial charge is 0.208 e. The molecule has 0 aliphatic carbocycles. The van der Waals surface area contributed by atoms with E-state index in [1.54, 1.807) is 17.4 Å². The summed E-state index contributed by atoms with van der Waals surface area (Å²) in [6, 6.07) is 4.63. The molecule has 0 N–H and O–H groups in total. The highest BCUT2D eigenvalue weighted by Gasteiger charge is 2.28. The lowest BCUT2D eigenvalue weighted by molar-refractivity contribution is 0.416. The molecule has 1 aliphatic rings. The monoisotopic (exact) mass is 360 g/mol. The summed E-state index contributed by atoms with van der Waals surface area (Å²) in [5, 5.41) is 15.9. The number of halogens is 1. The molecule has 5 nitrogen and oxygen atoms in total. The highest BCUT2D eigenvalue weighted by Crippen LogP contribution is 2.36. The number of fused-ring (bicyclic) bond motifs is 1. The van der Waals surface area contributed by atoms with Gasteiger partial charge in [0, 0.05) is 35.9 Å². The van der Waals surface area contributed by atoms with Crippen molar-refractivity contribution in [1.29, 1.82) is 0 Å². The van der Waals surface area contributed by atoms with Crippen LogP contribution in [-0.2, 0) is 5.41 Å². The van der Waals surface area contributed by atoms with Crippen molar-refractivity contribution < 1.29 is 8.91 Å². The van der Waals surface area contributed by atoms with Gasteiger partial charge in [-0.1, -0.05) is 37.3 Å². The van der Waals surface area contributed by atoms with Crippen molar-refractivity contribution in [3.05, 3.63) is 34.7 Å². The van der Waals surface area contributed by atoms with E-state index in [1.807, 2.05) is 0 Å². The number of hydrogen-bond acceptors (Lipinski definition) is 6. The van der Waals surface area contributed by atoms with Crippen molar-refractivity contribution >= 4 is 27.4 Å². The summed E-state index contributed by atoms with van der Waals surface area (Å²) in [4.78, 5) is 2.30. The van der Waals surface area contributed by atoms with Crippen molar-refractivity contribution in [2.45, 2.75) is 44.9 Å². The number of piperidine rings is 1. The van der Waals surface area contributed by atoms with E-state index >= 15 is 0 Å². The molecule has 0 amide bonds. The van der Waals surface area contributed by atoms with Crippen LogP contribution in [0, 0.1) is 5.82 Å².